The zero-order valence-corrected chi connectivity index (χ0v) is 12.2. The van der Waals surface area contributed by atoms with Crippen molar-refractivity contribution in [3.8, 4) is 11.5 Å². The molecule has 0 spiro atoms. The first kappa shape index (κ1) is 14.2. The average Bonchev–Trinajstić information content (AvgIpc) is 3.21. The Hall–Kier alpha value is -1.19. The van der Waals surface area contributed by atoms with Gasteiger partial charge in [-0.25, -0.2) is 0 Å². The second kappa shape index (κ2) is 6.83. The maximum absolute atomic E-state index is 6.21. The Balaban J connectivity index is 2.05. The fraction of sp³-hybridized carbons (Fsp3) is 0.467. The van der Waals surface area contributed by atoms with Gasteiger partial charge in [0.25, 0.3) is 0 Å². The lowest BCUT2D eigenvalue weighted by molar-refractivity contribution is 0.311. The van der Waals surface area contributed by atoms with Crippen LogP contribution in [0.3, 0.4) is 0 Å². The Morgan fingerprint density at radius 3 is 2.84 bits per heavy atom. The fourth-order valence-electron chi connectivity index (χ4n) is 1.84. The summed E-state index contributed by atoms with van der Waals surface area (Å²) in [6.45, 7) is 3.38. The van der Waals surface area contributed by atoms with Gasteiger partial charge in [0, 0.05) is 12.6 Å². The van der Waals surface area contributed by atoms with E-state index in [0.29, 0.717) is 23.1 Å². The minimum absolute atomic E-state index is 0.566. The van der Waals surface area contributed by atoms with Crippen LogP contribution in [0.1, 0.15) is 25.3 Å². The molecule has 1 fully saturated rings. The molecular formula is C15H20ClNO2. The van der Waals surface area contributed by atoms with E-state index < -0.39 is 0 Å². The molecule has 0 unspecified atom stereocenters. The van der Waals surface area contributed by atoms with Gasteiger partial charge in [-0.3, -0.25) is 0 Å². The summed E-state index contributed by atoms with van der Waals surface area (Å²) < 4.78 is 10.8. The molecule has 0 radical (unpaired) electrons. The van der Waals surface area contributed by atoms with Crippen LogP contribution in [0, 0.1) is 0 Å². The largest absolute Gasteiger partial charge is 0.493 e. The lowest BCUT2D eigenvalue weighted by atomic mass is 10.2. The van der Waals surface area contributed by atoms with Crippen molar-refractivity contribution < 1.29 is 9.47 Å². The van der Waals surface area contributed by atoms with Crippen LogP contribution in [0.5, 0.6) is 11.5 Å². The van der Waals surface area contributed by atoms with Crippen molar-refractivity contribution in [3.63, 3.8) is 0 Å². The molecule has 0 aliphatic heterocycles. The summed E-state index contributed by atoms with van der Waals surface area (Å²) in [6.07, 6.45) is 6.75. The van der Waals surface area contributed by atoms with Gasteiger partial charge >= 0.3 is 0 Å². The topological polar surface area (TPSA) is 30.5 Å². The summed E-state index contributed by atoms with van der Waals surface area (Å²) in [5, 5.41) is 4.01. The summed E-state index contributed by atoms with van der Waals surface area (Å²) in [5.74, 6) is 1.28. The number of nitrogens with one attached hydrogen (secondary N) is 1. The third-order valence-corrected chi connectivity index (χ3v) is 3.23. The van der Waals surface area contributed by atoms with Crippen LogP contribution in [-0.4, -0.2) is 26.3 Å². The number of methoxy groups -OCH3 is 1. The molecule has 1 saturated carbocycles. The van der Waals surface area contributed by atoms with E-state index >= 15 is 0 Å². The van der Waals surface area contributed by atoms with E-state index in [1.807, 2.05) is 25.1 Å². The minimum Gasteiger partial charge on any atom is -0.493 e. The molecule has 4 heteroatoms. The van der Waals surface area contributed by atoms with Gasteiger partial charge in [0.05, 0.1) is 18.7 Å². The predicted molar refractivity (Wildman–Crippen MR) is 79.2 cm³/mol. The summed E-state index contributed by atoms with van der Waals surface area (Å²) in [5.41, 5.74) is 1.02. The molecule has 0 heterocycles. The van der Waals surface area contributed by atoms with Crippen LogP contribution in [-0.2, 0) is 0 Å². The summed E-state index contributed by atoms with van der Waals surface area (Å²) >= 11 is 6.21. The Bertz CT molecular complexity index is 456. The van der Waals surface area contributed by atoms with Crippen molar-refractivity contribution in [3.05, 3.63) is 28.8 Å². The number of halogens is 1. The van der Waals surface area contributed by atoms with E-state index in [1.54, 1.807) is 7.11 Å². The maximum Gasteiger partial charge on any atom is 0.179 e. The Morgan fingerprint density at radius 2 is 2.21 bits per heavy atom. The van der Waals surface area contributed by atoms with Crippen LogP contribution >= 0.6 is 11.6 Å². The quantitative estimate of drug-likeness (QED) is 0.830. The van der Waals surface area contributed by atoms with Crippen molar-refractivity contribution in [1.29, 1.82) is 0 Å². The van der Waals surface area contributed by atoms with Gasteiger partial charge in [0.2, 0.25) is 0 Å². The molecule has 1 aliphatic carbocycles. The van der Waals surface area contributed by atoms with Gasteiger partial charge in [-0.15, -0.1) is 0 Å². The van der Waals surface area contributed by atoms with Gasteiger partial charge in [0.1, 0.15) is 0 Å². The highest BCUT2D eigenvalue weighted by Gasteiger charge is 2.19. The van der Waals surface area contributed by atoms with E-state index in [0.717, 1.165) is 18.2 Å². The van der Waals surface area contributed by atoms with Crippen molar-refractivity contribution in [2.24, 2.45) is 0 Å². The van der Waals surface area contributed by atoms with Gasteiger partial charge in [-0.1, -0.05) is 23.8 Å². The number of rotatable bonds is 7. The summed E-state index contributed by atoms with van der Waals surface area (Å²) in [7, 11) is 1.62. The predicted octanol–water partition coefficient (Wildman–Crippen LogP) is 3.51. The normalized spacial score (nSPS) is 14.9. The molecule has 1 aromatic carbocycles. The van der Waals surface area contributed by atoms with E-state index in [9.17, 15) is 0 Å². The third kappa shape index (κ3) is 4.15. The Labute approximate surface area is 119 Å². The van der Waals surface area contributed by atoms with Crippen LogP contribution in [0.4, 0.5) is 0 Å². The molecule has 104 valence electrons. The van der Waals surface area contributed by atoms with Gasteiger partial charge in [-0.2, -0.15) is 0 Å². The first-order valence-electron chi connectivity index (χ1n) is 6.64. The molecule has 2 rings (SSSR count). The lowest BCUT2D eigenvalue weighted by Gasteiger charge is -2.11. The van der Waals surface area contributed by atoms with Crippen LogP contribution in [0.25, 0.3) is 6.08 Å². The molecule has 0 bridgehead atoms. The molecule has 0 atom stereocenters. The van der Waals surface area contributed by atoms with E-state index in [1.165, 1.54) is 12.8 Å². The fourth-order valence-corrected chi connectivity index (χ4v) is 2.11. The van der Waals surface area contributed by atoms with Crippen LogP contribution in [0.15, 0.2) is 18.2 Å². The smallest absolute Gasteiger partial charge is 0.179 e. The first-order valence-corrected chi connectivity index (χ1v) is 7.02. The number of hydrogen-bond donors (Lipinski definition) is 1. The van der Waals surface area contributed by atoms with Crippen molar-refractivity contribution >= 4 is 17.7 Å². The standard InChI is InChI=1S/C15H20ClNO2/c1-3-19-15-13(16)9-11(10-14(15)18-2)5-4-8-17-12-6-7-12/h4-5,9-10,12,17H,3,6-8H2,1-2H3. The highest BCUT2D eigenvalue weighted by molar-refractivity contribution is 6.32. The number of ether oxygens (including phenoxy) is 2. The first-order chi connectivity index (χ1) is 9.24. The van der Waals surface area contributed by atoms with E-state index in [4.69, 9.17) is 21.1 Å². The van der Waals surface area contributed by atoms with Crippen LogP contribution in [0.2, 0.25) is 5.02 Å². The Kier molecular flexibility index (Phi) is 5.11. The van der Waals surface area contributed by atoms with Crippen molar-refractivity contribution in [2.75, 3.05) is 20.3 Å². The molecule has 3 nitrogen and oxygen atoms in total. The molecule has 1 aromatic rings. The second-order valence-electron chi connectivity index (χ2n) is 4.55. The van der Waals surface area contributed by atoms with E-state index in [-0.39, 0.29) is 0 Å². The SMILES string of the molecule is CCOc1c(Cl)cc(C=CCNC2CC2)cc1OC. The highest BCUT2D eigenvalue weighted by atomic mass is 35.5. The summed E-state index contributed by atoms with van der Waals surface area (Å²) in [4.78, 5) is 0. The van der Waals surface area contributed by atoms with Gasteiger partial charge in [0.15, 0.2) is 11.5 Å². The van der Waals surface area contributed by atoms with Crippen molar-refractivity contribution in [2.45, 2.75) is 25.8 Å². The highest BCUT2D eigenvalue weighted by Crippen LogP contribution is 2.36. The molecule has 0 amide bonds. The van der Waals surface area contributed by atoms with Gasteiger partial charge < -0.3 is 14.8 Å². The second-order valence-corrected chi connectivity index (χ2v) is 4.96. The van der Waals surface area contributed by atoms with Crippen LogP contribution < -0.4 is 14.8 Å². The zero-order valence-electron chi connectivity index (χ0n) is 11.4. The van der Waals surface area contributed by atoms with E-state index in [2.05, 4.69) is 11.4 Å². The minimum atomic E-state index is 0.566. The molecule has 1 aliphatic rings. The lowest BCUT2D eigenvalue weighted by Crippen LogP contribution is -2.15. The molecular weight excluding hydrogens is 262 g/mol. The molecule has 0 aromatic heterocycles. The third-order valence-electron chi connectivity index (χ3n) is 2.95. The monoisotopic (exact) mass is 281 g/mol. The summed E-state index contributed by atoms with van der Waals surface area (Å²) in [6, 6.07) is 4.55. The number of benzene rings is 1. The maximum atomic E-state index is 6.21. The van der Waals surface area contributed by atoms with Gasteiger partial charge in [-0.05, 0) is 37.5 Å². The molecule has 0 saturated heterocycles. The Morgan fingerprint density at radius 1 is 1.42 bits per heavy atom. The number of hydrogen-bond acceptors (Lipinski definition) is 3. The molecule has 1 N–H and O–H groups in total. The zero-order chi connectivity index (χ0) is 13.7. The molecule has 19 heavy (non-hydrogen) atoms. The van der Waals surface area contributed by atoms with Crippen molar-refractivity contribution in [1.82, 2.24) is 5.32 Å². The average molecular weight is 282 g/mol.